The zero-order valence-corrected chi connectivity index (χ0v) is 70.8. The van der Waals surface area contributed by atoms with Crippen molar-refractivity contribution >= 4 is 0 Å². The average Bonchev–Trinajstić information content (AvgIpc) is 0.670. The maximum atomic E-state index is 2.34. The van der Waals surface area contributed by atoms with Crippen LogP contribution in [0.5, 0.6) is 0 Å². The fourth-order valence-corrected chi connectivity index (χ4v) is 14.6. The molecular weight excluding hydrogens is 1390 g/mol. The van der Waals surface area contributed by atoms with Crippen LogP contribution < -0.4 is 0 Å². The van der Waals surface area contributed by atoms with Crippen LogP contribution in [0.4, 0.5) is 0 Å². The maximum absolute atomic E-state index is 2.34. The second-order valence-corrected chi connectivity index (χ2v) is 35.4. The minimum Gasteiger partial charge on any atom is -0.0622 e. The Labute approximate surface area is 695 Å². The molecule has 0 aromatic heterocycles. The molecular formula is C116H114. The number of hydrogen-bond donors (Lipinski definition) is 0. The summed E-state index contributed by atoms with van der Waals surface area (Å²) >= 11 is 0. The Morgan fingerprint density at radius 2 is 0.319 bits per heavy atom. The molecule has 0 spiro atoms. The summed E-state index contributed by atoms with van der Waals surface area (Å²) in [6.07, 6.45) is 0. The summed E-state index contributed by atoms with van der Waals surface area (Å²) in [6, 6.07) is 150. The summed E-state index contributed by atoms with van der Waals surface area (Å²) in [6.45, 7) is 34.0. The van der Waals surface area contributed by atoms with Crippen LogP contribution in [-0.4, -0.2) is 0 Å². The summed E-state index contributed by atoms with van der Waals surface area (Å²) < 4.78 is 0. The van der Waals surface area contributed by atoms with Crippen LogP contribution in [0.2, 0.25) is 0 Å². The van der Waals surface area contributed by atoms with E-state index >= 15 is 0 Å². The minimum atomic E-state index is 0.107. The molecule has 16 rings (SSSR count). The highest BCUT2D eigenvalue weighted by Crippen LogP contribution is 2.41. The van der Waals surface area contributed by atoms with Gasteiger partial charge in [0.05, 0.1) is 0 Å². The first kappa shape index (κ1) is 83.0. The molecule has 0 saturated carbocycles. The van der Waals surface area contributed by atoms with E-state index in [1.165, 1.54) is 150 Å². The van der Waals surface area contributed by atoms with Crippen molar-refractivity contribution in [3.63, 3.8) is 0 Å². The van der Waals surface area contributed by atoms with Gasteiger partial charge in [-0.15, -0.1) is 0 Å². The van der Waals surface area contributed by atoms with Gasteiger partial charge in [-0.25, -0.2) is 0 Å². The van der Waals surface area contributed by atoms with E-state index in [-0.39, 0.29) is 27.1 Å². The second-order valence-electron chi connectivity index (χ2n) is 35.4. The van der Waals surface area contributed by atoms with Crippen molar-refractivity contribution in [1.82, 2.24) is 0 Å². The first-order chi connectivity index (χ1) is 55.7. The van der Waals surface area contributed by atoms with Crippen molar-refractivity contribution < 1.29 is 0 Å². The lowest BCUT2D eigenvalue weighted by Gasteiger charge is -2.24. The van der Waals surface area contributed by atoms with Crippen LogP contribution in [-0.2, 0) is 27.1 Å². The molecule has 0 amide bonds. The molecule has 0 atom stereocenters. The molecule has 0 heterocycles. The molecule has 578 valence electrons. The standard InChI is InChI=1S/C28H26.4C22H22/c1-28(2,3)27-17-9-16-26(20-27)25-15-8-14-24(19-25)23-13-7-12-22(18-23)21-10-5-4-6-11-21;1-22(2,3)21-15-19(17-10-6-4-7-11-17)14-20(16-21)18-12-8-5-9-13-18;1-22(2,3)21-15-14-19(17-10-6-4-7-11-17)16-20(21)18-12-8-5-9-13-18;1-22(2,3)21-16-19(17-10-6-4-7-11-17)14-15-20(21)18-12-8-5-9-13-18;1-22(2,3)21-14-8-13-20(16-21)19-12-7-11-18(15-19)17-9-5-4-6-10-17/h4-20H,1-3H3;4*4-16H,1-3H3. The SMILES string of the molecule is CC(C)(C)c1cc(-c2ccccc2)cc(-c2ccccc2)c1.CC(C)(C)c1cc(-c2ccccc2)ccc1-c1ccccc1.CC(C)(C)c1ccc(-c2ccccc2)cc1-c1ccccc1.CC(C)(C)c1cccc(-c2cccc(-c3cccc(-c4ccccc4)c3)c2)c1.CC(C)(C)c1cccc(-c2cccc(-c3ccccc3)c2)c1. The molecule has 0 bridgehead atoms. The lowest BCUT2D eigenvalue weighted by Crippen LogP contribution is -2.13. The third kappa shape index (κ3) is 22.5. The molecule has 0 saturated heterocycles. The molecule has 0 nitrogen and oxygen atoms in total. The maximum Gasteiger partial charge on any atom is -0.0125 e. The molecule has 0 aliphatic heterocycles. The van der Waals surface area contributed by atoms with E-state index in [1.807, 2.05) is 0 Å². The molecule has 0 radical (unpaired) electrons. The summed E-state index contributed by atoms with van der Waals surface area (Å²) in [5.74, 6) is 0. The third-order valence-corrected chi connectivity index (χ3v) is 21.3. The first-order valence-electron chi connectivity index (χ1n) is 41.1. The predicted molar refractivity (Wildman–Crippen MR) is 506 cm³/mol. The van der Waals surface area contributed by atoms with Crippen molar-refractivity contribution in [2.75, 3.05) is 0 Å². The topological polar surface area (TPSA) is 0 Å². The Bertz CT molecular complexity index is 5710. The molecule has 16 aromatic carbocycles. The van der Waals surface area contributed by atoms with E-state index in [1.54, 1.807) is 0 Å². The lowest BCUT2D eigenvalue weighted by molar-refractivity contribution is 0.590. The molecule has 0 N–H and O–H groups in total. The molecule has 0 aliphatic rings. The van der Waals surface area contributed by atoms with Gasteiger partial charge in [0.15, 0.2) is 0 Å². The van der Waals surface area contributed by atoms with Gasteiger partial charge in [-0.2, -0.15) is 0 Å². The number of benzene rings is 16. The highest BCUT2D eigenvalue weighted by Gasteiger charge is 2.23. The summed E-state index contributed by atoms with van der Waals surface area (Å²) in [5.41, 5.74) is 35.6. The minimum absolute atomic E-state index is 0.107. The van der Waals surface area contributed by atoms with Crippen LogP contribution in [0.3, 0.4) is 0 Å². The van der Waals surface area contributed by atoms with Gasteiger partial charge in [-0.05, 0) is 208 Å². The Morgan fingerprint density at radius 3 is 0.612 bits per heavy atom. The summed E-state index contributed by atoms with van der Waals surface area (Å²) in [4.78, 5) is 0. The molecule has 116 heavy (non-hydrogen) atoms. The molecule has 16 aromatic rings. The third-order valence-electron chi connectivity index (χ3n) is 21.3. The second kappa shape index (κ2) is 37.7. The smallest absolute Gasteiger partial charge is 0.0125 e. The average molecular weight is 1510 g/mol. The molecule has 0 aliphatic carbocycles. The van der Waals surface area contributed by atoms with E-state index in [2.05, 4.69) is 522 Å². The van der Waals surface area contributed by atoms with Crippen LogP contribution in [0, 0.1) is 0 Å². The van der Waals surface area contributed by atoms with Crippen LogP contribution in [0.25, 0.3) is 122 Å². The van der Waals surface area contributed by atoms with Crippen molar-refractivity contribution in [2.24, 2.45) is 0 Å². The Kier molecular flexibility index (Phi) is 26.9. The lowest BCUT2D eigenvalue weighted by atomic mass is 9.80. The van der Waals surface area contributed by atoms with E-state index in [4.69, 9.17) is 0 Å². The summed E-state index contributed by atoms with van der Waals surface area (Å²) in [7, 11) is 0. The van der Waals surface area contributed by atoms with Gasteiger partial charge >= 0.3 is 0 Å². The van der Waals surface area contributed by atoms with Crippen LogP contribution in [0.1, 0.15) is 132 Å². The van der Waals surface area contributed by atoms with Crippen molar-refractivity contribution in [2.45, 2.75) is 131 Å². The quantitative estimate of drug-likeness (QED) is 0.121. The summed E-state index contributed by atoms with van der Waals surface area (Å²) in [5, 5.41) is 0. The number of hydrogen-bond acceptors (Lipinski definition) is 0. The van der Waals surface area contributed by atoms with E-state index in [0.29, 0.717) is 0 Å². The Balaban J connectivity index is 0.000000134. The van der Waals surface area contributed by atoms with E-state index in [0.717, 1.165) is 0 Å². The van der Waals surface area contributed by atoms with E-state index < -0.39 is 0 Å². The fraction of sp³-hybridized carbons (Fsp3) is 0.172. The van der Waals surface area contributed by atoms with Gasteiger partial charge in [-0.1, -0.05) is 492 Å². The van der Waals surface area contributed by atoms with E-state index in [9.17, 15) is 0 Å². The largest absolute Gasteiger partial charge is 0.0622 e. The Hall–Kier alpha value is -12.5. The van der Waals surface area contributed by atoms with Gasteiger partial charge in [-0.3, -0.25) is 0 Å². The van der Waals surface area contributed by atoms with Gasteiger partial charge in [0, 0.05) is 0 Å². The normalized spacial score (nSPS) is 11.4. The van der Waals surface area contributed by atoms with Crippen molar-refractivity contribution in [3.8, 4) is 122 Å². The molecule has 0 heteroatoms. The molecule has 0 unspecified atom stereocenters. The van der Waals surface area contributed by atoms with Crippen LogP contribution in [0.15, 0.2) is 419 Å². The zero-order valence-electron chi connectivity index (χ0n) is 70.8. The highest BCUT2D eigenvalue weighted by molar-refractivity contribution is 5.81. The zero-order chi connectivity index (χ0) is 81.9. The van der Waals surface area contributed by atoms with Gasteiger partial charge in [0.1, 0.15) is 0 Å². The van der Waals surface area contributed by atoms with Gasteiger partial charge in [0.25, 0.3) is 0 Å². The number of rotatable bonds is 11. The van der Waals surface area contributed by atoms with Crippen molar-refractivity contribution in [1.29, 1.82) is 0 Å². The Morgan fingerprint density at radius 1 is 0.112 bits per heavy atom. The monoisotopic (exact) mass is 1510 g/mol. The van der Waals surface area contributed by atoms with Crippen molar-refractivity contribution in [3.05, 3.63) is 446 Å². The predicted octanol–water partition coefficient (Wildman–Crippen LogP) is 33.3. The highest BCUT2D eigenvalue weighted by atomic mass is 14.3. The first-order valence-corrected chi connectivity index (χ1v) is 41.1. The van der Waals surface area contributed by atoms with Gasteiger partial charge < -0.3 is 0 Å². The van der Waals surface area contributed by atoms with Crippen LogP contribution >= 0.6 is 0 Å². The van der Waals surface area contributed by atoms with Gasteiger partial charge in [0.2, 0.25) is 0 Å². The fourth-order valence-electron chi connectivity index (χ4n) is 14.6. The molecule has 0 fully saturated rings.